The topological polar surface area (TPSA) is 75.3 Å². The van der Waals surface area contributed by atoms with Gasteiger partial charge in [-0.05, 0) is 36.2 Å². The Morgan fingerprint density at radius 2 is 1.89 bits per heavy atom. The van der Waals surface area contributed by atoms with Crippen LogP contribution in [-0.4, -0.2) is 26.0 Å². The van der Waals surface area contributed by atoms with Gasteiger partial charge in [0.1, 0.15) is 5.75 Å². The van der Waals surface area contributed by atoms with Gasteiger partial charge in [0.15, 0.2) is 5.69 Å². The molecule has 0 aliphatic heterocycles. The number of carbonyl (C=O) groups is 1. The number of aromatic hydroxyl groups is 1. The molecule has 1 heterocycles. The normalized spacial score (nSPS) is 10.8. The van der Waals surface area contributed by atoms with Crippen LogP contribution in [0.1, 0.15) is 35.9 Å². The summed E-state index contributed by atoms with van der Waals surface area (Å²) in [4.78, 5) is 11.0. The molecule has 5 heteroatoms. The highest BCUT2D eigenvalue weighted by Gasteiger charge is 2.16. The quantitative estimate of drug-likeness (QED) is 0.872. The third-order valence-corrected chi connectivity index (χ3v) is 2.64. The Labute approximate surface area is 104 Å². The van der Waals surface area contributed by atoms with Crippen molar-refractivity contribution in [2.75, 3.05) is 0 Å². The number of aromatic carboxylic acids is 1. The van der Waals surface area contributed by atoms with Gasteiger partial charge in [-0.2, -0.15) is 5.10 Å². The number of nitrogens with zero attached hydrogens (tertiary/aromatic N) is 2. The predicted molar refractivity (Wildman–Crippen MR) is 66.3 cm³/mol. The smallest absolute Gasteiger partial charge is 0.356 e. The minimum atomic E-state index is -1.05. The minimum Gasteiger partial charge on any atom is -0.508 e. The van der Waals surface area contributed by atoms with Crippen molar-refractivity contribution in [3.05, 3.63) is 41.7 Å². The summed E-state index contributed by atoms with van der Waals surface area (Å²) in [7, 11) is 0. The number of phenolic OH excluding ortho intramolecular Hbond substituents is 1. The van der Waals surface area contributed by atoms with Gasteiger partial charge in [-0.3, -0.25) is 0 Å². The van der Waals surface area contributed by atoms with Crippen molar-refractivity contribution in [1.82, 2.24) is 9.78 Å². The second kappa shape index (κ2) is 4.52. The van der Waals surface area contributed by atoms with Gasteiger partial charge in [-0.1, -0.05) is 13.8 Å². The lowest BCUT2D eigenvalue weighted by Gasteiger charge is -2.09. The first-order chi connectivity index (χ1) is 8.49. The molecule has 0 saturated carbocycles. The van der Waals surface area contributed by atoms with E-state index in [-0.39, 0.29) is 17.4 Å². The van der Waals surface area contributed by atoms with Crippen LogP contribution in [0.3, 0.4) is 0 Å². The Kier molecular flexibility index (Phi) is 3.06. The van der Waals surface area contributed by atoms with Gasteiger partial charge in [0.2, 0.25) is 0 Å². The molecule has 0 aliphatic carbocycles. The van der Waals surface area contributed by atoms with Gasteiger partial charge in [-0.25, -0.2) is 9.48 Å². The second-order valence-corrected chi connectivity index (χ2v) is 4.34. The zero-order valence-corrected chi connectivity index (χ0v) is 10.2. The molecule has 2 N–H and O–H groups in total. The van der Waals surface area contributed by atoms with Crippen LogP contribution in [0.5, 0.6) is 5.75 Å². The zero-order chi connectivity index (χ0) is 13.3. The summed E-state index contributed by atoms with van der Waals surface area (Å²) in [6.07, 6.45) is 0. The van der Waals surface area contributed by atoms with E-state index in [4.69, 9.17) is 5.11 Å². The molecule has 1 aromatic heterocycles. The molecule has 18 heavy (non-hydrogen) atoms. The van der Waals surface area contributed by atoms with E-state index in [0.717, 1.165) is 11.4 Å². The summed E-state index contributed by atoms with van der Waals surface area (Å²) in [5.74, 6) is -0.732. The van der Waals surface area contributed by atoms with Crippen LogP contribution in [0, 0.1) is 0 Å². The lowest BCUT2D eigenvalue weighted by molar-refractivity contribution is 0.0690. The van der Waals surface area contributed by atoms with Gasteiger partial charge in [0.05, 0.1) is 5.69 Å². The SMILES string of the molecule is CC(C)c1cc(C(=O)O)nn1-c1ccc(O)cc1. The van der Waals surface area contributed by atoms with Crippen LogP contribution in [0.2, 0.25) is 0 Å². The molecule has 94 valence electrons. The lowest BCUT2D eigenvalue weighted by Crippen LogP contribution is -2.04. The summed E-state index contributed by atoms with van der Waals surface area (Å²) in [6.45, 7) is 3.94. The zero-order valence-electron chi connectivity index (χ0n) is 10.2. The van der Waals surface area contributed by atoms with E-state index in [0.29, 0.717) is 0 Å². The van der Waals surface area contributed by atoms with E-state index in [1.165, 1.54) is 0 Å². The fourth-order valence-corrected chi connectivity index (χ4v) is 1.71. The molecule has 0 fully saturated rings. The molecule has 0 atom stereocenters. The first-order valence-corrected chi connectivity index (χ1v) is 5.61. The summed E-state index contributed by atoms with van der Waals surface area (Å²) in [6, 6.07) is 8.04. The molecule has 1 aromatic carbocycles. The van der Waals surface area contributed by atoms with Gasteiger partial charge in [0.25, 0.3) is 0 Å². The van der Waals surface area contributed by atoms with Gasteiger partial charge in [0, 0.05) is 5.69 Å². The van der Waals surface area contributed by atoms with Crippen LogP contribution in [0.15, 0.2) is 30.3 Å². The second-order valence-electron chi connectivity index (χ2n) is 4.34. The molecule has 0 bridgehead atoms. The van der Waals surface area contributed by atoms with Crippen LogP contribution < -0.4 is 0 Å². The molecule has 0 unspecified atom stereocenters. The fourth-order valence-electron chi connectivity index (χ4n) is 1.71. The molecule has 0 aliphatic rings. The Hall–Kier alpha value is -2.30. The maximum atomic E-state index is 11.0. The van der Waals surface area contributed by atoms with E-state index >= 15 is 0 Å². The van der Waals surface area contributed by atoms with Crippen LogP contribution in [-0.2, 0) is 0 Å². The Morgan fingerprint density at radius 1 is 1.28 bits per heavy atom. The first kappa shape index (κ1) is 12.2. The van der Waals surface area contributed by atoms with Gasteiger partial charge in [-0.15, -0.1) is 0 Å². The molecular formula is C13H14N2O3. The Balaban J connectivity index is 2.54. The summed E-state index contributed by atoms with van der Waals surface area (Å²) in [5, 5.41) is 22.3. The average Bonchev–Trinajstić information content (AvgIpc) is 2.75. The average molecular weight is 246 g/mol. The van der Waals surface area contributed by atoms with Crippen LogP contribution in [0.25, 0.3) is 5.69 Å². The first-order valence-electron chi connectivity index (χ1n) is 5.61. The maximum absolute atomic E-state index is 11.0. The fraction of sp³-hybridized carbons (Fsp3) is 0.231. The van der Waals surface area contributed by atoms with Crippen molar-refractivity contribution >= 4 is 5.97 Å². The van der Waals surface area contributed by atoms with E-state index < -0.39 is 5.97 Å². The number of carboxylic acid groups (broad SMARTS) is 1. The minimum absolute atomic E-state index is 0.0202. The molecular weight excluding hydrogens is 232 g/mol. The van der Waals surface area contributed by atoms with E-state index in [2.05, 4.69) is 5.10 Å². The monoisotopic (exact) mass is 246 g/mol. The highest BCUT2D eigenvalue weighted by Crippen LogP contribution is 2.21. The molecule has 0 radical (unpaired) electrons. The van der Waals surface area contributed by atoms with Crippen molar-refractivity contribution in [3.8, 4) is 11.4 Å². The number of carboxylic acids is 1. The molecule has 2 rings (SSSR count). The van der Waals surface area contributed by atoms with Crippen molar-refractivity contribution in [1.29, 1.82) is 0 Å². The van der Waals surface area contributed by atoms with E-state index in [1.807, 2.05) is 13.8 Å². The third kappa shape index (κ3) is 2.20. The number of phenols is 1. The van der Waals surface area contributed by atoms with E-state index in [1.54, 1.807) is 35.0 Å². The standard InChI is InChI=1S/C13H14N2O3/c1-8(2)12-7-11(13(17)18)14-15(12)9-3-5-10(16)6-4-9/h3-8,16H,1-2H3,(H,17,18). The summed E-state index contributed by atoms with van der Waals surface area (Å²) >= 11 is 0. The number of aromatic nitrogens is 2. The molecule has 0 saturated heterocycles. The van der Waals surface area contributed by atoms with Gasteiger partial charge >= 0.3 is 5.97 Å². The van der Waals surface area contributed by atoms with Gasteiger partial charge < -0.3 is 10.2 Å². The highest BCUT2D eigenvalue weighted by atomic mass is 16.4. The molecule has 5 nitrogen and oxygen atoms in total. The maximum Gasteiger partial charge on any atom is 0.356 e. The number of rotatable bonds is 3. The lowest BCUT2D eigenvalue weighted by atomic mass is 10.1. The summed E-state index contributed by atoms with van der Waals surface area (Å²) in [5.41, 5.74) is 1.56. The number of benzene rings is 1. The Bertz CT molecular complexity index is 570. The number of hydrogen-bond acceptors (Lipinski definition) is 3. The van der Waals surface area contributed by atoms with Crippen molar-refractivity contribution in [2.24, 2.45) is 0 Å². The molecule has 2 aromatic rings. The highest BCUT2D eigenvalue weighted by molar-refractivity contribution is 5.85. The number of hydrogen-bond donors (Lipinski definition) is 2. The van der Waals surface area contributed by atoms with E-state index in [9.17, 15) is 9.90 Å². The molecule has 0 amide bonds. The molecule has 0 spiro atoms. The van der Waals surface area contributed by atoms with Crippen LogP contribution >= 0.6 is 0 Å². The predicted octanol–water partition coefficient (Wildman–Crippen LogP) is 2.40. The third-order valence-electron chi connectivity index (χ3n) is 2.64. The van der Waals surface area contributed by atoms with Crippen molar-refractivity contribution < 1.29 is 15.0 Å². The van der Waals surface area contributed by atoms with Crippen molar-refractivity contribution in [3.63, 3.8) is 0 Å². The largest absolute Gasteiger partial charge is 0.508 e. The Morgan fingerprint density at radius 3 is 2.39 bits per heavy atom. The van der Waals surface area contributed by atoms with Crippen molar-refractivity contribution in [2.45, 2.75) is 19.8 Å². The summed E-state index contributed by atoms with van der Waals surface area (Å²) < 4.78 is 1.59. The van der Waals surface area contributed by atoms with Crippen LogP contribution in [0.4, 0.5) is 0 Å².